The standard InChI is InChI=1S/C35H31Cl3N2O4/c36-27-13-9-25(10-14-27)23-39-34(42)35(19-4-8-24-6-2-1-3-7-24)32(30-18-15-28(37)22-31(30)38)44-33(40-35)26-11-16-29(17-12-26)43-21-5-20-41/h1-4,6-18,22,32,41H,5,19-21,23H2,(H,39,42)/b8-4+/t32-,35-/m1/s1. The summed E-state index contributed by atoms with van der Waals surface area (Å²) in [5.41, 5.74) is 1.74. The maximum absolute atomic E-state index is 14.3. The zero-order chi connectivity index (χ0) is 30.9. The van der Waals surface area contributed by atoms with Gasteiger partial charge in [-0.25, -0.2) is 4.99 Å². The first kappa shape index (κ1) is 31.6. The van der Waals surface area contributed by atoms with Gasteiger partial charge in [0.2, 0.25) is 5.90 Å². The molecule has 0 bridgehead atoms. The number of amides is 1. The first-order valence-corrected chi connectivity index (χ1v) is 15.3. The second-order valence-corrected chi connectivity index (χ2v) is 11.6. The van der Waals surface area contributed by atoms with Crippen LogP contribution in [0.25, 0.3) is 6.08 Å². The van der Waals surface area contributed by atoms with Crippen molar-refractivity contribution < 1.29 is 19.4 Å². The van der Waals surface area contributed by atoms with Crippen LogP contribution in [0.4, 0.5) is 0 Å². The van der Waals surface area contributed by atoms with Gasteiger partial charge in [-0.1, -0.05) is 95.5 Å². The Labute approximate surface area is 271 Å². The Morgan fingerprint density at radius 3 is 2.39 bits per heavy atom. The molecule has 2 atom stereocenters. The minimum Gasteiger partial charge on any atom is -0.494 e. The Hall–Kier alpha value is -3.81. The molecule has 226 valence electrons. The van der Waals surface area contributed by atoms with E-state index in [0.717, 1.165) is 11.1 Å². The number of aliphatic hydroxyl groups is 1. The minimum atomic E-state index is -1.40. The molecule has 4 aromatic carbocycles. The summed E-state index contributed by atoms with van der Waals surface area (Å²) in [6.45, 7) is 0.722. The summed E-state index contributed by atoms with van der Waals surface area (Å²) in [7, 11) is 0. The van der Waals surface area contributed by atoms with E-state index in [9.17, 15) is 4.79 Å². The predicted molar refractivity (Wildman–Crippen MR) is 177 cm³/mol. The number of halogens is 3. The molecule has 1 amide bonds. The zero-order valence-corrected chi connectivity index (χ0v) is 26.0. The van der Waals surface area contributed by atoms with Crippen LogP contribution in [0.1, 0.15) is 41.2 Å². The molecule has 6 nitrogen and oxygen atoms in total. The fourth-order valence-corrected chi connectivity index (χ4v) is 5.52. The summed E-state index contributed by atoms with van der Waals surface area (Å²) in [6, 6.07) is 29.5. The zero-order valence-electron chi connectivity index (χ0n) is 23.8. The Bertz CT molecular complexity index is 1630. The number of benzene rings is 4. The number of aliphatic imine (C=N–C) groups is 1. The highest BCUT2D eigenvalue weighted by Gasteiger charge is 2.53. The van der Waals surface area contributed by atoms with Crippen molar-refractivity contribution in [3.63, 3.8) is 0 Å². The molecule has 0 spiro atoms. The largest absolute Gasteiger partial charge is 0.494 e. The first-order chi connectivity index (χ1) is 21.4. The monoisotopic (exact) mass is 648 g/mol. The number of ether oxygens (including phenoxy) is 2. The summed E-state index contributed by atoms with van der Waals surface area (Å²) in [5, 5.41) is 13.6. The van der Waals surface area contributed by atoms with Crippen molar-refractivity contribution in [2.45, 2.75) is 31.0 Å². The van der Waals surface area contributed by atoms with E-state index in [1.54, 1.807) is 42.5 Å². The van der Waals surface area contributed by atoms with E-state index in [2.05, 4.69) is 5.32 Å². The van der Waals surface area contributed by atoms with Crippen molar-refractivity contribution in [3.05, 3.63) is 140 Å². The summed E-state index contributed by atoms with van der Waals surface area (Å²) in [5.74, 6) is 0.633. The number of carbonyl (C=O) groups excluding carboxylic acids is 1. The van der Waals surface area contributed by atoms with Gasteiger partial charge in [-0.15, -0.1) is 0 Å². The molecule has 0 saturated heterocycles. The van der Waals surface area contributed by atoms with Gasteiger partial charge in [0.05, 0.1) is 6.61 Å². The van der Waals surface area contributed by atoms with Crippen molar-refractivity contribution >= 4 is 52.7 Å². The van der Waals surface area contributed by atoms with Crippen LogP contribution in [0.15, 0.2) is 108 Å². The molecule has 9 heteroatoms. The second kappa shape index (κ2) is 14.8. The summed E-state index contributed by atoms with van der Waals surface area (Å²) < 4.78 is 12.2. The summed E-state index contributed by atoms with van der Waals surface area (Å²) in [6.07, 6.45) is 3.80. The van der Waals surface area contributed by atoms with E-state index in [1.807, 2.05) is 66.7 Å². The van der Waals surface area contributed by atoms with Crippen LogP contribution in [0.5, 0.6) is 5.75 Å². The van der Waals surface area contributed by atoms with Gasteiger partial charge in [0.25, 0.3) is 5.91 Å². The predicted octanol–water partition coefficient (Wildman–Crippen LogP) is 8.08. The molecule has 1 aliphatic heterocycles. The Morgan fingerprint density at radius 2 is 1.68 bits per heavy atom. The molecular weight excluding hydrogens is 619 g/mol. The average molecular weight is 650 g/mol. The van der Waals surface area contributed by atoms with Gasteiger partial charge >= 0.3 is 0 Å². The lowest BCUT2D eigenvalue weighted by molar-refractivity contribution is -0.129. The van der Waals surface area contributed by atoms with Crippen LogP contribution in [-0.4, -0.2) is 35.7 Å². The third kappa shape index (κ3) is 7.63. The number of nitrogens with zero attached hydrogens (tertiary/aromatic N) is 1. The lowest BCUT2D eigenvalue weighted by atomic mass is 9.84. The van der Waals surface area contributed by atoms with Crippen LogP contribution in [0.2, 0.25) is 15.1 Å². The number of hydrogen-bond donors (Lipinski definition) is 2. The van der Waals surface area contributed by atoms with E-state index in [-0.39, 0.29) is 25.5 Å². The molecule has 5 rings (SSSR count). The van der Waals surface area contributed by atoms with Gasteiger partial charge < -0.3 is 19.9 Å². The van der Waals surface area contributed by atoms with Crippen LogP contribution in [0, 0.1) is 0 Å². The molecule has 1 aliphatic rings. The molecule has 0 aliphatic carbocycles. The first-order valence-electron chi connectivity index (χ1n) is 14.2. The highest BCUT2D eigenvalue weighted by atomic mass is 35.5. The molecule has 44 heavy (non-hydrogen) atoms. The van der Waals surface area contributed by atoms with Gasteiger partial charge in [0.15, 0.2) is 11.6 Å². The van der Waals surface area contributed by atoms with Gasteiger partial charge in [-0.3, -0.25) is 4.79 Å². The normalized spacial score (nSPS) is 17.7. The summed E-state index contributed by atoms with van der Waals surface area (Å²) >= 11 is 19.0. The van der Waals surface area contributed by atoms with E-state index < -0.39 is 11.6 Å². The quantitative estimate of drug-likeness (QED) is 0.152. The fourth-order valence-electron chi connectivity index (χ4n) is 4.88. The van der Waals surface area contributed by atoms with Crippen molar-refractivity contribution in [2.75, 3.05) is 13.2 Å². The highest BCUT2D eigenvalue weighted by Crippen LogP contribution is 2.45. The molecule has 0 aromatic heterocycles. The Balaban J connectivity index is 1.54. The lowest BCUT2D eigenvalue weighted by Gasteiger charge is -2.30. The van der Waals surface area contributed by atoms with Crippen molar-refractivity contribution in [1.29, 1.82) is 0 Å². The minimum absolute atomic E-state index is 0.0538. The molecule has 4 aromatic rings. The third-order valence-corrected chi connectivity index (χ3v) is 7.99. The molecule has 0 saturated carbocycles. The smallest absolute Gasteiger partial charge is 0.252 e. The van der Waals surface area contributed by atoms with Crippen LogP contribution >= 0.6 is 34.8 Å². The number of aliphatic hydroxyl groups excluding tert-OH is 1. The van der Waals surface area contributed by atoms with E-state index in [4.69, 9.17) is 54.4 Å². The van der Waals surface area contributed by atoms with Crippen molar-refractivity contribution in [2.24, 2.45) is 4.99 Å². The maximum atomic E-state index is 14.3. The molecule has 0 radical (unpaired) electrons. The number of hydrogen-bond acceptors (Lipinski definition) is 5. The van der Waals surface area contributed by atoms with E-state index >= 15 is 0 Å². The van der Waals surface area contributed by atoms with Gasteiger partial charge in [0, 0.05) is 52.2 Å². The topological polar surface area (TPSA) is 80.2 Å². The Kier molecular flexibility index (Phi) is 10.6. The molecular formula is C35H31Cl3N2O4. The number of rotatable bonds is 12. The van der Waals surface area contributed by atoms with Gasteiger partial charge in [0.1, 0.15) is 5.75 Å². The number of nitrogens with one attached hydrogen (secondary N) is 1. The average Bonchev–Trinajstić information content (AvgIpc) is 3.42. The summed E-state index contributed by atoms with van der Waals surface area (Å²) in [4.78, 5) is 19.3. The number of carbonyl (C=O) groups is 1. The maximum Gasteiger partial charge on any atom is 0.252 e. The van der Waals surface area contributed by atoms with Crippen molar-refractivity contribution in [3.8, 4) is 5.75 Å². The van der Waals surface area contributed by atoms with E-state index in [1.165, 1.54) is 0 Å². The second-order valence-electron chi connectivity index (χ2n) is 10.3. The third-order valence-electron chi connectivity index (χ3n) is 7.18. The van der Waals surface area contributed by atoms with Crippen LogP contribution in [0.3, 0.4) is 0 Å². The van der Waals surface area contributed by atoms with E-state index in [0.29, 0.717) is 50.9 Å². The molecule has 0 unspecified atom stereocenters. The van der Waals surface area contributed by atoms with Crippen molar-refractivity contribution in [1.82, 2.24) is 5.32 Å². The van der Waals surface area contributed by atoms with Crippen LogP contribution < -0.4 is 10.1 Å². The molecule has 2 N–H and O–H groups in total. The molecule has 1 heterocycles. The highest BCUT2D eigenvalue weighted by molar-refractivity contribution is 6.35. The molecule has 0 fully saturated rings. The fraction of sp³-hybridized carbons (Fsp3) is 0.200. The Morgan fingerprint density at radius 1 is 0.955 bits per heavy atom. The van der Waals surface area contributed by atoms with Gasteiger partial charge in [-0.05, 0) is 59.7 Å². The lowest BCUT2D eigenvalue weighted by Crippen LogP contribution is -2.47. The van der Waals surface area contributed by atoms with Gasteiger partial charge in [-0.2, -0.15) is 0 Å². The van der Waals surface area contributed by atoms with Crippen LogP contribution in [-0.2, 0) is 16.1 Å². The SMILES string of the molecule is O=C(NCc1ccc(Cl)cc1)[C@]1(C/C=C/c2ccccc2)N=C(c2ccc(OCCCO)cc2)O[C@@H]1c1ccc(Cl)cc1Cl.